The van der Waals surface area contributed by atoms with Crippen LogP contribution < -0.4 is 5.73 Å². The molecular weight excluding hydrogens is 244 g/mol. The van der Waals surface area contributed by atoms with E-state index in [1.165, 1.54) is 11.3 Å². The lowest BCUT2D eigenvalue weighted by Crippen LogP contribution is -2.06. The van der Waals surface area contributed by atoms with Gasteiger partial charge in [0, 0.05) is 4.88 Å². The molecule has 6 heteroatoms. The Bertz CT molecular complexity index is 491. The first-order valence-corrected chi connectivity index (χ1v) is 6.39. The maximum Gasteiger partial charge on any atom is 0.358 e. The van der Waals surface area contributed by atoms with E-state index in [0.717, 1.165) is 9.75 Å². The summed E-state index contributed by atoms with van der Waals surface area (Å²) in [5.74, 6) is -0.418. The third-order valence-corrected chi connectivity index (χ3v) is 3.79. The Morgan fingerprint density at radius 2 is 2.44 bits per heavy atom. The minimum absolute atomic E-state index is 0.312. The van der Waals surface area contributed by atoms with Gasteiger partial charge in [-0.15, -0.1) is 11.3 Å². The van der Waals surface area contributed by atoms with Gasteiger partial charge < -0.3 is 10.5 Å². The van der Waals surface area contributed by atoms with E-state index in [1.807, 2.05) is 17.5 Å². The predicted molar refractivity (Wildman–Crippen MR) is 65.8 cm³/mol. The molecular formula is C10H10N2O2S2. The van der Waals surface area contributed by atoms with Crippen LogP contribution in [-0.2, 0) is 4.74 Å². The second-order valence-corrected chi connectivity index (χ2v) is 4.91. The first-order chi connectivity index (χ1) is 7.72. The molecule has 84 valence electrons. The molecule has 0 radical (unpaired) electrons. The molecule has 2 heterocycles. The number of nitrogens with two attached hydrogens (primary N) is 1. The number of nitrogens with zero attached hydrogens (tertiary/aromatic N) is 1. The van der Waals surface area contributed by atoms with Crippen LogP contribution in [0.25, 0.3) is 9.75 Å². The number of esters is 1. The summed E-state index contributed by atoms with van der Waals surface area (Å²) in [6.45, 7) is 2.10. The zero-order valence-electron chi connectivity index (χ0n) is 8.60. The van der Waals surface area contributed by atoms with Crippen LogP contribution in [-0.4, -0.2) is 17.6 Å². The highest BCUT2D eigenvalue weighted by atomic mass is 32.1. The third kappa shape index (κ3) is 2.07. The fraction of sp³-hybridized carbons (Fsp3) is 0.200. The lowest BCUT2D eigenvalue weighted by molar-refractivity contribution is 0.0521. The van der Waals surface area contributed by atoms with Crippen molar-refractivity contribution in [2.45, 2.75) is 6.92 Å². The summed E-state index contributed by atoms with van der Waals surface area (Å²) >= 11 is 2.85. The number of carbonyl (C=O) groups is 1. The van der Waals surface area contributed by atoms with E-state index in [9.17, 15) is 4.79 Å². The first-order valence-electron chi connectivity index (χ1n) is 4.69. The maximum atomic E-state index is 11.6. The Morgan fingerprint density at radius 3 is 3.06 bits per heavy atom. The van der Waals surface area contributed by atoms with Crippen molar-refractivity contribution in [3.8, 4) is 9.75 Å². The number of hydrogen-bond acceptors (Lipinski definition) is 6. The van der Waals surface area contributed by atoms with Crippen molar-refractivity contribution in [3.63, 3.8) is 0 Å². The van der Waals surface area contributed by atoms with Crippen LogP contribution in [0.4, 0.5) is 5.13 Å². The van der Waals surface area contributed by atoms with Gasteiger partial charge in [0.2, 0.25) is 0 Å². The predicted octanol–water partition coefficient (Wildman–Crippen LogP) is 2.63. The first kappa shape index (κ1) is 11.1. The number of thiazole rings is 1. The molecule has 0 atom stereocenters. The summed E-state index contributed by atoms with van der Waals surface area (Å²) in [5, 5.41) is 2.33. The molecule has 0 unspecified atom stereocenters. The van der Waals surface area contributed by atoms with E-state index in [4.69, 9.17) is 10.5 Å². The van der Waals surface area contributed by atoms with Gasteiger partial charge >= 0.3 is 5.97 Å². The lowest BCUT2D eigenvalue weighted by Gasteiger charge is -1.99. The quantitative estimate of drug-likeness (QED) is 0.855. The van der Waals surface area contributed by atoms with Gasteiger partial charge in [-0.2, -0.15) is 0 Å². The number of anilines is 1. The topological polar surface area (TPSA) is 65.2 Å². The number of carbonyl (C=O) groups excluding carboxylic acids is 1. The molecule has 0 amide bonds. The Kier molecular flexibility index (Phi) is 3.21. The molecule has 2 aromatic rings. The van der Waals surface area contributed by atoms with Crippen molar-refractivity contribution >= 4 is 33.8 Å². The summed E-state index contributed by atoms with van der Waals surface area (Å²) in [4.78, 5) is 17.4. The Balaban J connectivity index is 2.42. The van der Waals surface area contributed by atoms with E-state index in [0.29, 0.717) is 17.4 Å². The second-order valence-electron chi connectivity index (χ2n) is 2.93. The van der Waals surface area contributed by atoms with Gasteiger partial charge in [0.05, 0.1) is 11.5 Å². The highest BCUT2D eigenvalue weighted by molar-refractivity contribution is 7.23. The van der Waals surface area contributed by atoms with Gasteiger partial charge in [0.25, 0.3) is 0 Å². The van der Waals surface area contributed by atoms with Crippen LogP contribution >= 0.6 is 22.7 Å². The van der Waals surface area contributed by atoms with Crippen molar-refractivity contribution in [2.24, 2.45) is 0 Å². The smallest absolute Gasteiger partial charge is 0.358 e. The molecule has 0 spiro atoms. The van der Waals surface area contributed by atoms with Crippen molar-refractivity contribution in [2.75, 3.05) is 12.3 Å². The monoisotopic (exact) mass is 254 g/mol. The summed E-state index contributed by atoms with van der Waals surface area (Å²) in [6.07, 6.45) is 0. The molecule has 0 aliphatic rings. The number of nitrogen functional groups attached to an aromatic ring is 1. The maximum absolute atomic E-state index is 11.6. The van der Waals surface area contributed by atoms with Crippen LogP contribution in [0, 0.1) is 0 Å². The van der Waals surface area contributed by atoms with E-state index >= 15 is 0 Å². The number of ether oxygens (including phenoxy) is 1. The molecule has 2 aromatic heterocycles. The molecule has 0 saturated carbocycles. The van der Waals surface area contributed by atoms with E-state index < -0.39 is 5.97 Å². The highest BCUT2D eigenvalue weighted by Crippen LogP contribution is 2.34. The molecule has 0 aliphatic heterocycles. The minimum Gasteiger partial charge on any atom is -0.461 e. The largest absolute Gasteiger partial charge is 0.461 e. The zero-order chi connectivity index (χ0) is 11.5. The highest BCUT2D eigenvalue weighted by Gasteiger charge is 2.20. The van der Waals surface area contributed by atoms with Crippen LogP contribution in [0.2, 0.25) is 0 Å². The number of rotatable bonds is 3. The molecule has 0 saturated heterocycles. The molecule has 16 heavy (non-hydrogen) atoms. The molecule has 0 aliphatic carbocycles. The number of aromatic nitrogens is 1. The summed E-state index contributed by atoms with van der Waals surface area (Å²) in [7, 11) is 0. The van der Waals surface area contributed by atoms with E-state index in [2.05, 4.69) is 4.98 Å². The van der Waals surface area contributed by atoms with Gasteiger partial charge in [-0.05, 0) is 18.4 Å². The van der Waals surface area contributed by atoms with Crippen molar-refractivity contribution in [3.05, 3.63) is 23.2 Å². The average molecular weight is 254 g/mol. The molecule has 2 N–H and O–H groups in total. The van der Waals surface area contributed by atoms with Gasteiger partial charge in [-0.1, -0.05) is 17.4 Å². The van der Waals surface area contributed by atoms with Crippen molar-refractivity contribution < 1.29 is 9.53 Å². The van der Waals surface area contributed by atoms with Gasteiger partial charge in [-0.3, -0.25) is 0 Å². The molecule has 2 rings (SSSR count). The fourth-order valence-corrected chi connectivity index (χ4v) is 2.92. The molecule has 0 aromatic carbocycles. The molecule has 0 fully saturated rings. The summed E-state index contributed by atoms with van der Waals surface area (Å²) in [6, 6.07) is 3.85. The van der Waals surface area contributed by atoms with Crippen LogP contribution in [0.15, 0.2) is 17.5 Å². The van der Waals surface area contributed by atoms with E-state index in [-0.39, 0.29) is 0 Å². The molecule has 0 bridgehead atoms. The Labute approximate surface area is 101 Å². The van der Waals surface area contributed by atoms with Crippen molar-refractivity contribution in [1.82, 2.24) is 4.98 Å². The Morgan fingerprint density at radius 1 is 1.62 bits per heavy atom. The number of thiophene rings is 1. The normalized spacial score (nSPS) is 10.3. The van der Waals surface area contributed by atoms with Crippen molar-refractivity contribution in [1.29, 1.82) is 0 Å². The van der Waals surface area contributed by atoms with Gasteiger partial charge in [-0.25, -0.2) is 9.78 Å². The van der Waals surface area contributed by atoms with Crippen LogP contribution in [0.5, 0.6) is 0 Å². The standard InChI is InChI=1S/C10H10N2O2S2/c1-2-14-9(13)7-8(16-10(11)12-7)6-4-3-5-15-6/h3-5H,2H2,1H3,(H2,11,12). The fourth-order valence-electron chi connectivity index (χ4n) is 1.25. The van der Waals surface area contributed by atoms with E-state index in [1.54, 1.807) is 18.3 Å². The summed E-state index contributed by atoms with van der Waals surface area (Å²) in [5.41, 5.74) is 5.94. The number of hydrogen-bond donors (Lipinski definition) is 1. The second kappa shape index (κ2) is 4.63. The average Bonchev–Trinajstić information content (AvgIpc) is 2.85. The zero-order valence-corrected chi connectivity index (χ0v) is 10.2. The van der Waals surface area contributed by atoms with Gasteiger partial charge in [0.1, 0.15) is 0 Å². The van der Waals surface area contributed by atoms with Crippen LogP contribution in [0.1, 0.15) is 17.4 Å². The minimum atomic E-state index is -0.418. The van der Waals surface area contributed by atoms with Crippen LogP contribution in [0.3, 0.4) is 0 Å². The lowest BCUT2D eigenvalue weighted by atomic mass is 10.3. The Hall–Kier alpha value is -1.40. The van der Waals surface area contributed by atoms with Gasteiger partial charge in [0.15, 0.2) is 10.8 Å². The summed E-state index contributed by atoms with van der Waals surface area (Å²) < 4.78 is 4.93. The molecule has 4 nitrogen and oxygen atoms in total. The third-order valence-electron chi connectivity index (χ3n) is 1.86. The SMILES string of the molecule is CCOC(=O)c1nc(N)sc1-c1cccs1.